The largest absolute Gasteiger partial charge is 0.479 e. The highest BCUT2D eigenvalue weighted by molar-refractivity contribution is 5.90. The molecule has 8 heteroatoms. The molecule has 0 radical (unpaired) electrons. The number of nitrogens with one attached hydrogen (secondary N) is 2. The van der Waals surface area contributed by atoms with Gasteiger partial charge in [-0.15, -0.1) is 5.10 Å². The lowest BCUT2D eigenvalue weighted by Gasteiger charge is -2.29. The van der Waals surface area contributed by atoms with Crippen molar-refractivity contribution in [1.82, 2.24) is 24.9 Å². The first-order valence-corrected chi connectivity index (χ1v) is 10.9. The molecular weight excluding hydrogens is 404 g/mol. The van der Waals surface area contributed by atoms with Crippen LogP contribution < -0.4 is 15.4 Å². The Hall–Kier alpha value is -3.68. The van der Waals surface area contributed by atoms with Crippen molar-refractivity contribution in [1.29, 1.82) is 0 Å². The third-order valence-corrected chi connectivity index (χ3v) is 6.05. The summed E-state index contributed by atoms with van der Waals surface area (Å²) in [5, 5.41) is 12.2. The Labute approximate surface area is 186 Å². The van der Waals surface area contributed by atoms with Crippen LogP contribution in [0.15, 0.2) is 48.8 Å². The number of hydrogen-bond donors (Lipinski definition) is 2. The maximum atomic E-state index is 11.3. The first kappa shape index (κ1) is 20.2. The predicted molar refractivity (Wildman–Crippen MR) is 124 cm³/mol. The molecule has 3 heterocycles. The van der Waals surface area contributed by atoms with Crippen LogP contribution in [0.4, 0.5) is 5.95 Å². The molecule has 1 saturated carbocycles. The quantitative estimate of drug-likeness (QED) is 0.500. The summed E-state index contributed by atoms with van der Waals surface area (Å²) in [7, 11) is 1.63. The third kappa shape index (κ3) is 3.95. The van der Waals surface area contributed by atoms with Crippen LogP contribution >= 0.6 is 0 Å². The van der Waals surface area contributed by atoms with Crippen LogP contribution in [0, 0.1) is 0 Å². The molecule has 1 aromatic carbocycles. The highest BCUT2D eigenvalue weighted by Gasteiger charge is 2.23. The zero-order valence-electron chi connectivity index (χ0n) is 18.2. The topological polar surface area (TPSA) is 93.4 Å². The van der Waals surface area contributed by atoms with Crippen molar-refractivity contribution >= 4 is 28.3 Å². The number of carbonyl (C=O) groups is 1. The molecule has 0 unspecified atom stereocenters. The third-order valence-electron chi connectivity index (χ3n) is 6.05. The zero-order valence-corrected chi connectivity index (χ0v) is 18.2. The number of anilines is 1. The molecule has 2 N–H and O–H groups in total. The van der Waals surface area contributed by atoms with Crippen molar-refractivity contribution in [2.75, 3.05) is 12.4 Å². The van der Waals surface area contributed by atoms with E-state index in [0.717, 1.165) is 53.2 Å². The van der Waals surface area contributed by atoms with Crippen molar-refractivity contribution < 1.29 is 9.53 Å². The van der Waals surface area contributed by atoms with Gasteiger partial charge in [0.25, 0.3) is 0 Å². The van der Waals surface area contributed by atoms with E-state index in [9.17, 15) is 4.79 Å². The molecule has 1 amide bonds. The van der Waals surface area contributed by atoms with Gasteiger partial charge in [0.1, 0.15) is 5.52 Å². The molecule has 1 aliphatic rings. The predicted octanol–water partition coefficient (Wildman–Crippen LogP) is 3.81. The molecular formula is C24H26N6O2. The summed E-state index contributed by atoms with van der Waals surface area (Å²) < 4.78 is 7.47. The number of amides is 1. The van der Waals surface area contributed by atoms with E-state index >= 15 is 0 Å². The number of hydrogen-bond acceptors (Lipinski definition) is 6. The number of aromatic nitrogens is 4. The average Bonchev–Trinajstić information content (AvgIpc) is 3.23. The van der Waals surface area contributed by atoms with Crippen LogP contribution in [-0.4, -0.2) is 44.7 Å². The Morgan fingerprint density at radius 2 is 1.94 bits per heavy atom. The Morgan fingerprint density at radius 1 is 1.12 bits per heavy atom. The molecule has 3 aromatic heterocycles. The molecule has 5 rings (SSSR count). The van der Waals surface area contributed by atoms with Gasteiger partial charge in [-0.1, -0.05) is 12.1 Å². The van der Waals surface area contributed by atoms with Crippen molar-refractivity contribution in [3.8, 4) is 17.0 Å². The summed E-state index contributed by atoms with van der Waals surface area (Å²) in [6.45, 7) is 1.57. The number of rotatable bonds is 5. The van der Waals surface area contributed by atoms with Crippen LogP contribution in [-0.2, 0) is 4.79 Å². The minimum Gasteiger partial charge on any atom is -0.479 e. The van der Waals surface area contributed by atoms with E-state index in [1.165, 1.54) is 0 Å². The fraction of sp³-hybridized carbons (Fsp3) is 0.333. The maximum absolute atomic E-state index is 11.3. The monoisotopic (exact) mass is 430 g/mol. The Morgan fingerprint density at radius 3 is 2.72 bits per heavy atom. The van der Waals surface area contributed by atoms with Crippen LogP contribution in [0.25, 0.3) is 27.5 Å². The first-order chi connectivity index (χ1) is 15.6. The molecule has 0 atom stereocenters. The molecule has 32 heavy (non-hydrogen) atoms. The second-order valence-corrected chi connectivity index (χ2v) is 8.27. The molecule has 0 aliphatic heterocycles. The van der Waals surface area contributed by atoms with Gasteiger partial charge in [0, 0.05) is 42.4 Å². The van der Waals surface area contributed by atoms with E-state index in [1.807, 2.05) is 28.9 Å². The average molecular weight is 431 g/mol. The minimum atomic E-state index is 0.0334. The molecule has 1 aliphatic carbocycles. The van der Waals surface area contributed by atoms with E-state index in [-0.39, 0.29) is 18.0 Å². The van der Waals surface area contributed by atoms with Gasteiger partial charge in [-0.25, -0.2) is 4.52 Å². The highest BCUT2D eigenvalue weighted by atomic mass is 16.5. The smallest absolute Gasteiger partial charge is 0.244 e. The lowest BCUT2D eigenvalue weighted by Crippen LogP contribution is -2.39. The van der Waals surface area contributed by atoms with Crippen molar-refractivity contribution in [2.45, 2.75) is 44.7 Å². The van der Waals surface area contributed by atoms with E-state index in [4.69, 9.17) is 4.74 Å². The van der Waals surface area contributed by atoms with Gasteiger partial charge in [-0.2, -0.15) is 4.98 Å². The summed E-state index contributed by atoms with van der Waals surface area (Å²) in [5.41, 5.74) is 3.86. The van der Waals surface area contributed by atoms with Gasteiger partial charge < -0.3 is 15.4 Å². The molecule has 8 nitrogen and oxygen atoms in total. The maximum Gasteiger partial charge on any atom is 0.244 e. The summed E-state index contributed by atoms with van der Waals surface area (Å²) >= 11 is 0. The van der Waals surface area contributed by atoms with Gasteiger partial charge in [-0.05, 0) is 55.5 Å². The number of benzene rings is 1. The molecule has 0 bridgehead atoms. The summed E-state index contributed by atoms with van der Waals surface area (Å²) in [5.74, 6) is 1.11. The molecule has 4 aromatic rings. The lowest BCUT2D eigenvalue weighted by molar-refractivity contribution is -0.119. The van der Waals surface area contributed by atoms with E-state index in [1.54, 1.807) is 20.2 Å². The van der Waals surface area contributed by atoms with Crippen LogP contribution in [0.1, 0.15) is 32.6 Å². The zero-order chi connectivity index (χ0) is 22.1. The summed E-state index contributed by atoms with van der Waals surface area (Å²) in [6.07, 6.45) is 7.53. The summed E-state index contributed by atoms with van der Waals surface area (Å²) in [4.78, 5) is 20.3. The number of nitrogens with zero attached hydrogens (tertiary/aromatic N) is 4. The second kappa shape index (κ2) is 8.45. The molecule has 0 spiro atoms. The normalized spacial score (nSPS) is 18.6. The number of fused-ring (bicyclic) bond motifs is 2. The van der Waals surface area contributed by atoms with E-state index in [0.29, 0.717) is 11.8 Å². The van der Waals surface area contributed by atoms with Gasteiger partial charge in [-0.3, -0.25) is 9.78 Å². The van der Waals surface area contributed by atoms with Gasteiger partial charge in [0.05, 0.1) is 12.6 Å². The van der Waals surface area contributed by atoms with Gasteiger partial charge >= 0.3 is 0 Å². The number of ether oxygens (including phenoxy) is 1. The SMILES string of the molecule is COc1nc(NC2CCC(NC(C)=O)CC2)nn2ccc(-c3ccc4ncccc4c3)c12. The van der Waals surface area contributed by atoms with Crippen LogP contribution in [0.3, 0.4) is 0 Å². The number of pyridine rings is 1. The standard InChI is InChI=1S/C24H26N6O2/c1-15(31)26-18-6-8-19(9-7-18)27-24-28-23(32-2)22-20(11-13-30(22)29-24)16-5-10-21-17(14-16)4-3-12-25-21/h3-5,10-14,18-19H,6-9H2,1-2H3,(H,26,31)(H,27,29). The number of carbonyl (C=O) groups excluding carboxylic acids is 1. The van der Waals surface area contributed by atoms with E-state index < -0.39 is 0 Å². The van der Waals surface area contributed by atoms with Gasteiger partial charge in [0.15, 0.2) is 0 Å². The minimum absolute atomic E-state index is 0.0334. The Kier molecular flexibility index (Phi) is 5.34. The fourth-order valence-corrected chi connectivity index (χ4v) is 4.52. The van der Waals surface area contributed by atoms with Crippen molar-refractivity contribution in [3.05, 3.63) is 48.8 Å². The number of methoxy groups -OCH3 is 1. The van der Waals surface area contributed by atoms with Crippen LogP contribution in [0.5, 0.6) is 5.88 Å². The second-order valence-electron chi connectivity index (χ2n) is 8.27. The van der Waals surface area contributed by atoms with Gasteiger partial charge in [0.2, 0.25) is 17.7 Å². The fourth-order valence-electron chi connectivity index (χ4n) is 4.52. The highest BCUT2D eigenvalue weighted by Crippen LogP contribution is 2.33. The van der Waals surface area contributed by atoms with Crippen molar-refractivity contribution in [3.63, 3.8) is 0 Å². The Balaban J connectivity index is 1.41. The molecule has 1 fully saturated rings. The Bertz CT molecular complexity index is 1280. The molecule has 0 saturated heterocycles. The lowest BCUT2D eigenvalue weighted by atomic mass is 9.91. The summed E-state index contributed by atoms with van der Waals surface area (Å²) in [6, 6.07) is 12.8. The van der Waals surface area contributed by atoms with Crippen LogP contribution in [0.2, 0.25) is 0 Å². The molecule has 164 valence electrons. The van der Waals surface area contributed by atoms with Crippen molar-refractivity contribution in [2.24, 2.45) is 0 Å². The first-order valence-electron chi connectivity index (χ1n) is 10.9. The van der Waals surface area contributed by atoms with E-state index in [2.05, 4.69) is 43.9 Å².